The minimum Gasteiger partial charge on any atom is -0.464 e. The van der Waals surface area contributed by atoms with Crippen molar-refractivity contribution in [3.63, 3.8) is 0 Å². The number of rotatable bonds is 14. The predicted octanol–water partition coefficient (Wildman–Crippen LogP) is 5.04. The molecule has 124 valence electrons. The van der Waals surface area contributed by atoms with E-state index >= 15 is 0 Å². The fourth-order valence-electron chi connectivity index (χ4n) is 2.02. The molecule has 3 nitrogen and oxygen atoms in total. The van der Waals surface area contributed by atoms with Gasteiger partial charge in [0, 0.05) is 6.61 Å². The third-order valence-corrected chi connectivity index (χ3v) is 3.36. The van der Waals surface area contributed by atoms with Crippen LogP contribution in [0.3, 0.4) is 0 Å². The third kappa shape index (κ3) is 12.6. The van der Waals surface area contributed by atoms with Crippen LogP contribution in [0.1, 0.15) is 78.6 Å². The van der Waals surface area contributed by atoms with Crippen LogP contribution in [0, 0.1) is 0 Å². The molecule has 0 aliphatic heterocycles. The molecule has 0 radical (unpaired) electrons. The Bertz CT molecular complexity index is 261. The highest BCUT2D eigenvalue weighted by molar-refractivity contribution is 5.74. The zero-order valence-corrected chi connectivity index (χ0v) is 14.2. The number of carbonyl (C=O) groups is 1. The molecule has 1 atom stereocenters. The van der Waals surface area contributed by atoms with Crippen molar-refractivity contribution < 1.29 is 14.3 Å². The minimum atomic E-state index is -0.387. The van der Waals surface area contributed by atoms with Crippen LogP contribution in [-0.2, 0) is 14.3 Å². The molecule has 0 aromatic carbocycles. The summed E-state index contributed by atoms with van der Waals surface area (Å²) < 4.78 is 10.9. The summed E-state index contributed by atoms with van der Waals surface area (Å²) in [6.07, 6.45) is 13.5. The normalized spacial score (nSPS) is 12.7. The van der Waals surface area contributed by atoms with E-state index in [9.17, 15) is 4.79 Å². The van der Waals surface area contributed by atoms with Gasteiger partial charge in [0.05, 0.1) is 6.61 Å². The van der Waals surface area contributed by atoms with E-state index in [4.69, 9.17) is 9.47 Å². The van der Waals surface area contributed by atoms with Crippen molar-refractivity contribution in [2.24, 2.45) is 0 Å². The van der Waals surface area contributed by atoms with Gasteiger partial charge in [0.15, 0.2) is 6.10 Å². The van der Waals surface area contributed by atoms with Crippen LogP contribution in [0.4, 0.5) is 0 Å². The van der Waals surface area contributed by atoms with E-state index in [2.05, 4.69) is 26.0 Å². The van der Waals surface area contributed by atoms with Crippen molar-refractivity contribution in [1.82, 2.24) is 0 Å². The number of ether oxygens (including phenoxy) is 2. The summed E-state index contributed by atoms with van der Waals surface area (Å²) in [6.45, 7) is 7.45. The van der Waals surface area contributed by atoms with Gasteiger partial charge in [-0.2, -0.15) is 0 Å². The van der Waals surface area contributed by atoms with Crippen LogP contribution in [0.15, 0.2) is 12.2 Å². The summed E-state index contributed by atoms with van der Waals surface area (Å²) in [5, 5.41) is 0. The molecule has 0 aliphatic rings. The topological polar surface area (TPSA) is 35.5 Å². The lowest BCUT2D eigenvalue weighted by molar-refractivity contribution is -0.157. The molecule has 0 amide bonds. The second-order valence-electron chi connectivity index (χ2n) is 5.37. The van der Waals surface area contributed by atoms with Gasteiger partial charge in [-0.15, -0.1) is 0 Å². The SMILES string of the molecule is CC/C=C\CCCCOC(CC)C(=O)OCCCCCC. The molecule has 0 bridgehead atoms. The first-order valence-electron chi connectivity index (χ1n) is 8.69. The average Bonchev–Trinajstić information content (AvgIpc) is 2.49. The number of carbonyl (C=O) groups excluding carboxylic acids is 1. The first kappa shape index (κ1) is 20.2. The molecule has 1 unspecified atom stereocenters. The summed E-state index contributed by atoms with van der Waals surface area (Å²) in [5.41, 5.74) is 0. The highest BCUT2D eigenvalue weighted by Crippen LogP contribution is 2.06. The molecule has 0 aliphatic carbocycles. The zero-order valence-electron chi connectivity index (χ0n) is 14.2. The molecule has 0 saturated heterocycles. The number of allylic oxidation sites excluding steroid dienone is 2. The number of esters is 1. The van der Waals surface area contributed by atoms with Crippen molar-refractivity contribution >= 4 is 5.97 Å². The van der Waals surface area contributed by atoms with Crippen LogP contribution in [-0.4, -0.2) is 25.3 Å². The van der Waals surface area contributed by atoms with E-state index in [1.54, 1.807) is 0 Å². The minimum absolute atomic E-state index is 0.195. The Morgan fingerprint density at radius 3 is 2.38 bits per heavy atom. The van der Waals surface area contributed by atoms with Gasteiger partial charge in [0.25, 0.3) is 0 Å². The van der Waals surface area contributed by atoms with E-state index < -0.39 is 0 Å². The Morgan fingerprint density at radius 1 is 0.952 bits per heavy atom. The fourth-order valence-corrected chi connectivity index (χ4v) is 2.02. The zero-order chi connectivity index (χ0) is 15.8. The molecule has 0 N–H and O–H groups in total. The molecule has 3 heteroatoms. The van der Waals surface area contributed by atoms with Gasteiger partial charge in [-0.05, 0) is 38.5 Å². The highest BCUT2D eigenvalue weighted by atomic mass is 16.6. The van der Waals surface area contributed by atoms with Gasteiger partial charge in [-0.3, -0.25) is 0 Å². The van der Waals surface area contributed by atoms with Crippen molar-refractivity contribution in [2.45, 2.75) is 84.7 Å². The summed E-state index contributed by atoms with van der Waals surface area (Å²) in [5.74, 6) is -0.195. The number of unbranched alkanes of at least 4 members (excludes halogenated alkanes) is 5. The maximum absolute atomic E-state index is 11.9. The third-order valence-electron chi connectivity index (χ3n) is 3.36. The van der Waals surface area contributed by atoms with E-state index in [-0.39, 0.29) is 12.1 Å². The average molecular weight is 298 g/mol. The largest absolute Gasteiger partial charge is 0.464 e. The lowest BCUT2D eigenvalue weighted by Gasteiger charge is -2.15. The molecule has 0 rings (SSSR count). The van der Waals surface area contributed by atoms with E-state index in [0.29, 0.717) is 19.6 Å². The predicted molar refractivity (Wildman–Crippen MR) is 88.4 cm³/mol. The van der Waals surface area contributed by atoms with Crippen LogP contribution in [0.2, 0.25) is 0 Å². The molecular weight excluding hydrogens is 264 g/mol. The van der Waals surface area contributed by atoms with Gasteiger partial charge in [0.1, 0.15) is 0 Å². The maximum Gasteiger partial charge on any atom is 0.335 e. The quantitative estimate of drug-likeness (QED) is 0.256. The van der Waals surface area contributed by atoms with Crippen LogP contribution >= 0.6 is 0 Å². The summed E-state index contributed by atoms with van der Waals surface area (Å²) in [6, 6.07) is 0. The van der Waals surface area contributed by atoms with E-state index in [0.717, 1.165) is 38.5 Å². The summed E-state index contributed by atoms with van der Waals surface area (Å²) >= 11 is 0. The van der Waals surface area contributed by atoms with Crippen molar-refractivity contribution in [3.05, 3.63) is 12.2 Å². The summed E-state index contributed by atoms with van der Waals surface area (Å²) in [7, 11) is 0. The second kappa shape index (κ2) is 15.6. The van der Waals surface area contributed by atoms with Crippen molar-refractivity contribution in [3.8, 4) is 0 Å². The molecule has 0 spiro atoms. The van der Waals surface area contributed by atoms with Gasteiger partial charge >= 0.3 is 5.97 Å². The molecule has 0 fully saturated rings. The second-order valence-corrected chi connectivity index (χ2v) is 5.37. The monoisotopic (exact) mass is 298 g/mol. The Balaban J connectivity index is 3.63. The standard InChI is InChI=1S/C18H34O3/c1-4-7-9-11-12-14-15-20-17(6-3)18(19)21-16-13-10-8-5-2/h7,9,17H,4-6,8,10-16H2,1-3H3/b9-7-. The van der Waals surface area contributed by atoms with Gasteiger partial charge in [-0.1, -0.05) is 52.2 Å². The molecular formula is C18H34O3. The fraction of sp³-hybridized carbons (Fsp3) is 0.833. The molecule has 0 aromatic heterocycles. The van der Waals surface area contributed by atoms with Gasteiger partial charge in [-0.25, -0.2) is 4.79 Å². The van der Waals surface area contributed by atoms with Crippen molar-refractivity contribution in [1.29, 1.82) is 0 Å². The van der Waals surface area contributed by atoms with E-state index in [1.807, 2.05) is 6.92 Å². The Kier molecular flexibility index (Phi) is 14.9. The molecule has 0 saturated carbocycles. The maximum atomic E-state index is 11.9. The Hall–Kier alpha value is -0.830. The first-order valence-corrected chi connectivity index (χ1v) is 8.69. The summed E-state index contributed by atoms with van der Waals surface area (Å²) in [4.78, 5) is 11.9. The van der Waals surface area contributed by atoms with Crippen LogP contribution in [0.25, 0.3) is 0 Å². The smallest absolute Gasteiger partial charge is 0.335 e. The lowest BCUT2D eigenvalue weighted by atomic mass is 10.2. The molecule has 0 heterocycles. The first-order chi connectivity index (χ1) is 10.3. The van der Waals surface area contributed by atoms with Crippen LogP contribution in [0.5, 0.6) is 0 Å². The number of hydrogen-bond acceptors (Lipinski definition) is 3. The van der Waals surface area contributed by atoms with Gasteiger partial charge < -0.3 is 9.47 Å². The Labute approximate surface area is 131 Å². The lowest BCUT2D eigenvalue weighted by Crippen LogP contribution is -2.26. The highest BCUT2D eigenvalue weighted by Gasteiger charge is 2.18. The number of hydrogen-bond donors (Lipinski definition) is 0. The molecule has 21 heavy (non-hydrogen) atoms. The Morgan fingerprint density at radius 2 is 1.71 bits per heavy atom. The van der Waals surface area contributed by atoms with Crippen LogP contribution < -0.4 is 0 Å². The van der Waals surface area contributed by atoms with E-state index in [1.165, 1.54) is 12.8 Å². The van der Waals surface area contributed by atoms with Crippen molar-refractivity contribution in [2.75, 3.05) is 13.2 Å². The van der Waals surface area contributed by atoms with Gasteiger partial charge in [0.2, 0.25) is 0 Å². The molecule has 0 aromatic rings.